The predicted octanol–water partition coefficient (Wildman–Crippen LogP) is 6.37. The largest absolute Gasteiger partial charge is 0.494 e. The number of nitro groups is 1. The average Bonchev–Trinajstić information content (AvgIpc) is 3.43. The van der Waals surface area contributed by atoms with Crippen LogP contribution >= 0.6 is 12.2 Å². The van der Waals surface area contributed by atoms with Crippen LogP contribution in [0.15, 0.2) is 72.9 Å². The summed E-state index contributed by atoms with van der Waals surface area (Å²) in [5.41, 5.74) is 5.46. The number of nitro benzene ring substituents is 1. The van der Waals surface area contributed by atoms with Gasteiger partial charge in [0.1, 0.15) is 11.5 Å². The van der Waals surface area contributed by atoms with E-state index in [0.717, 1.165) is 39.8 Å². The Morgan fingerprint density at radius 3 is 2.45 bits per heavy atom. The third-order valence-corrected chi connectivity index (χ3v) is 7.30. The fraction of sp³-hybridized carbons (Fsp3) is 0.267. The van der Waals surface area contributed by atoms with Crippen molar-refractivity contribution < 1.29 is 14.4 Å². The van der Waals surface area contributed by atoms with Crippen molar-refractivity contribution in [2.24, 2.45) is 0 Å². The van der Waals surface area contributed by atoms with Gasteiger partial charge in [0.2, 0.25) is 0 Å². The Bertz CT molecular complexity index is 1550. The maximum atomic E-state index is 11.4. The van der Waals surface area contributed by atoms with Crippen molar-refractivity contribution >= 4 is 28.7 Å². The normalized spacial score (nSPS) is 16.8. The number of aryl methyl sites for hydroxylation is 1. The molecule has 0 bridgehead atoms. The quantitative estimate of drug-likeness (QED) is 0.152. The molecule has 1 N–H and O–H groups in total. The number of rotatable bonds is 8. The minimum atomic E-state index is -0.426. The molecule has 3 heterocycles. The molecule has 9 nitrogen and oxygen atoms in total. The maximum Gasteiger partial charge on any atom is 0.273 e. The lowest BCUT2D eigenvalue weighted by atomic mass is 9.96. The Labute approximate surface area is 238 Å². The van der Waals surface area contributed by atoms with E-state index in [-0.39, 0.29) is 23.9 Å². The van der Waals surface area contributed by atoms with E-state index in [9.17, 15) is 10.1 Å². The van der Waals surface area contributed by atoms with Crippen LogP contribution in [0.1, 0.15) is 48.6 Å². The molecule has 1 fully saturated rings. The number of anilines is 1. The highest BCUT2D eigenvalue weighted by molar-refractivity contribution is 7.80. The summed E-state index contributed by atoms with van der Waals surface area (Å²) in [5, 5.41) is 15.5. The first kappa shape index (κ1) is 27.1. The van der Waals surface area contributed by atoms with Gasteiger partial charge in [0.15, 0.2) is 5.11 Å². The van der Waals surface area contributed by atoms with E-state index in [4.69, 9.17) is 21.7 Å². The first-order valence-corrected chi connectivity index (χ1v) is 13.4. The summed E-state index contributed by atoms with van der Waals surface area (Å²) in [5.74, 6) is 1.21. The Hall–Kier alpha value is -4.44. The van der Waals surface area contributed by atoms with Crippen LogP contribution in [0.3, 0.4) is 0 Å². The van der Waals surface area contributed by atoms with Crippen molar-refractivity contribution in [2.75, 3.05) is 12.0 Å². The number of hydrogen-bond acceptors (Lipinski definition) is 6. The Kier molecular flexibility index (Phi) is 7.44. The second-order valence-corrected chi connectivity index (χ2v) is 10.3. The van der Waals surface area contributed by atoms with E-state index in [1.54, 1.807) is 12.3 Å². The van der Waals surface area contributed by atoms with Crippen molar-refractivity contribution in [2.45, 2.75) is 45.9 Å². The Morgan fingerprint density at radius 2 is 1.82 bits per heavy atom. The summed E-state index contributed by atoms with van der Waals surface area (Å²) in [6, 6.07) is 20.1. The second-order valence-electron chi connectivity index (χ2n) is 9.93. The van der Waals surface area contributed by atoms with Crippen LogP contribution in [0.2, 0.25) is 0 Å². The molecular formula is C30H31N5O4S. The average molecular weight is 558 g/mol. The van der Waals surface area contributed by atoms with Crippen molar-refractivity contribution in [1.82, 2.24) is 14.9 Å². The number of pyridine rings is 1. The fourth-order valence-electron chi connectivity index (χ4n) is 5.33. The number of nitrogens with zero attached hydrogens (tertiary/aromatic N) is 4. The number of aromatic nitrogens is 2. The van der Waals surface area contributed by atoms with Crippen LogP contribution in [-0.4, -0.2) is 32.8 Å². The van der Waals surface area contributed by atoms with Crippen molar-refractivity contribution in [3.05, 3.63) is 106 Å². The van der Waals surface area contributed by atoms with Gasteiger partial charge >= 0.3 is 0 Å². The number of methoxy groups -OCH3 is 1. The van der Waals surface area contributed by atoms with E-state index in [1.807, 2.05) is 70.2 Å². The highest BCUT2D eigenvalue weighted by Crippen LogP contribution is 2.44. The van der Waals surface area contributed by atoms with Gasteiger partial charge in [0.25, 0.3) is 5.69 Å². The molecule has 5 rings (SSSR count). The number of benzene rings is 2. The Morgan fingerprint density at radius 1 is 1.07 bits per heavy atom. The smallest absolute Gasteiger partial charge is 0.273 e. The summed E-state index contributed by atoms with van der Waals surface area (Å²) >= 11 is 5.90. The molecule has 0 aliphatic carbocycles. The van der Waals surface area contributed by atoms with Gasteiger partial charge in [0.05, 0.1) is 47.7 Å². The summed E-state index contributed by atoms with van der Waals surface area (Å²) in [6.45, 7) is 8.04. The topological polar surface area (TPSA) is 94.7 Å². The number of non-ortho nitro benzene ring substituents is 1. The summed E-state index contributed by atoms with van der Waals surface area (Å²) in [6.07, 6.45) is 1.85. The summed E-state index contributed by atoms with van der Waals surface area (Å²) in [4.78, 5) is 17.7. The van der Waals surface area contributed by atoms with E-state index < -0.39 is 4.92 Å². The van der Waals surface area contributed by atoms with Gasteiger partial charge in [-0.3, -0.25) is 15.1 Å². The van der Waals surface area contributed by atoms with E-state index in [1.165, 1.54) is 19.2 Å². The molecule has 1 saturated heterocycles. The van der Waals surface area contributed by atoms with Gasteiger partial charge in [-0.2, -0.15) is 0 Å². The molecule has 0 amide bonds. The highest BCUT2D eigenvalue weighted by Gasteiger charge is 2.42. The molecule has 2 aromatic heterocycles. The van der Waals surface area contributed by atoms with Crippen LogP contribution < -0.4 is 19.7 Å². The van der Waals surface area contributed by atoms with Crippen molar-refractivity contribution in [3.63, 3.8) is 0 Å². The van der Waals surface area contributed by atoms with Crippen LogP contribution in [0.25, 0.3) is 5.69 Å². The molecular weight excluding hydrogens is 526 g/mol. The number of nitrogens with one attached hydrogen (secondary N) is 1. The lowest BCUT2D eigenvalue weighted by Crippen LogP contribution is -2.29. The SMILES string of the molecule is COc1cc([N+](=O)[O-])ccc1-n1c(C)cc([C@@H]2[C@H](c3ccccn3)NC(=S)N2c2ccc(OC(C)C)cc2)c1C. The molecule has 2 aromatic carbocycles. The third kappa shape index (κ3) is 4.98. The second kappa shape index (κ2) is 11.0. The zero-order valence-electron chi connectivity index (χ0n) is 23.0. The van der Waals surface area contributed by atoms with E-state index in [0.29, 0.717) is 10.9 Å². The number of thiocarbonyl (C=S) groups is 1. The van der Waals surface area contributed by atoms with Gasteiger partial charge in [-0.05, 0) is 94.0 Å². The molecule has 10 heteroatoms. The van der Waals surface area contributed by atoms with Crippen LogP contribution in [0.4, 0.5) is 11.4 Å². The van der Waals surface area contributed by atoms with Crippen LogP contribution in [-0.2, 0) is 0 Å². The first-order chi connectivity index (χ1) is 19.2. The zero-order valence-corrected chi connectivity index (χ0v) is 23.8. The van der Waals surface area contributed by atoms with E-state index >= 15 is 0 Å². The molecule has 40 heavy (non-hydrogen) atoms. The molecule has 1 aliphatic rings. The molecule has 0 saturated carbocycles. The van der Waals surface area contributed by atoms with Gasteiger partial charge in [-0.15, -0.1) is 0 Å². The van der Waals surface area contributed by atoms with Crippen LogP contribution in [0, 0.1) is 24.0 Å². The third-order valence-electron chi connectivity index (χ3n) is 6.99. The monoisotopic (exact) mass is 557 g/mol. The lowest BCUT2D eigenvalue weighted by Gasteiger charge is -2.28. The van der Waals surface area contributed by atoms with Crippen LogP contribution in [0.5, 0.6) is 11.5 Å². The van der Waals surface area contributed by atoms with Gasteiger partial charge < -0.3 is 24.3 Å². The maximum absolute atomic E-state index is 11.4. The van der Waals surface area contributed by atoms with Crippen molar-refractivity contribution in [1.29, 1.82) is 0 Å². The molecule has 0 unspecified atom stereocenters. The van der Waals surface area contributed by atoms with Gasteiger partial charge in [-0.1, -0.05) is 6.07 Å². The molecule has 206 valence electrons. The molecule has 2 atom stereocenters. The minimum absolute atomic E-state index is 0.0279. The van der Waals surface area contributed by atoms with Crippen molar-refractivity contribution in [3.8, 4) is 17.2 Å². The Balaban J connectivity index is 1.64. The standard InChI is InChI=1S/C30H31N5O4S/c1-18(2)39-23-12-9-21(10-13-23)34-29(28(32-30(34)40)25-8-6-7-15-31-25)24-16-19(3)33(20(24)4)26-14-11-22(35(36)37)17-27(26)38-5/h6-18,28-29H,1-5H3,(H,32,40)/t28-,29+/m0/s1. The predicted molar refractivity (Wildman–Crippen MR) is 159 cm³/mol. The summed E-state index contributed by atoms with van der Waals surface area (Å²) < 4.78 is 13.5. The number of hydrogen-bond donors (Lipinski definition) is 1. The number of ether oxygens (including phenoxy) is 2. The first-order valence-electron chi connectivity index (χ1n) is 13.0. The highest BCUT2D eigenvalue weighted by atomic mass is 32.1. The molecule has 4 aromatic rings. The zero-order chi connectivity index (χ0) is 28.6. The molecule has 0 spiro atoms. The molecule has 0 radical (unpaired) electrons. The van der Waals surface area contributed by atoms with Gasteiger partial charge in [0, 0.05) is 29.3 Å². The fourth-order valence-corrected chi connectivity index (χ4v) is 5.67. The lowest BCUT2D eigenvalue weighted by molar-refractivity contribution is -0.384. The summed E-state index contributed by atoms with van der Waals surface area (Å²) in [7, 11) is 1.52. The van der Waals surface area contributed by atoms with Gasteiger partial charge in [-0.25, -0.2) is 0 Å². The van der Waals surface area contributed by atoms with E-state index in [2.05, 4.69) is 25.8 Å². The minimum Gasteiger partial charge on any atom is -0.494 e. The molecule has 1 aliphatic heterocycles.